The molecule has 3 rings (SSSR count). The number of H-pyrrole nitrogens is 1. The first-order valence-corrected chi connectivity index (χ1v) is 7.80. The SMILES string of the molecule is Cc1nc(-c2cccnc2)[nH]c(=O)c1CC(=O)N(C)Cc1ccoc1. The second-order valence-electron chi connectivity index (χ2n) is 5.78. The van der Waals surface area contributed by atoms with Gasteiger partial charge in [-0.05, 0) is 25.1 Å². The Kier molecular flexibility index (Phi) is 4.74. The Hall–Kier alpha value is -3.22. The van der Waals surface area contributed by atoms with Gasteiger partial charge in [-0.1, -0.05) is 0 Å². The van der Waals surface area contributed by atoms with Crippen molar-refractivity contribution in [3.63, 3.8) is 0 Å². The molecule has 3 aromatic rings. The summed E-state index contributed by atoms with van der Waals surface area (Å²) in [4.78, 5) is 37.5. The van der Waals surface area contributed by atoms with E-state index < -0.39 is 0 Å². The highest BCUT2D eigenvalue weighted by Crippen LogP contribution is 2.13. The monoisotopic (exact) mass is 338 g/mol. The molecule has 0 spiro atoms. The molecule has 7 heteroatoms. The normalized spacial score (nSPS) is 10.6. The van der Waals surface area contributed by atoms with Gasteiger partial charge in [0.15, 0.2) is 0 Å². The summed E-state index contributed by atoms with van der Waals surface area (Å²) in [5, 5.41) is 0. The molecule has 0 aromatic carbocycles. The molecule has 0 unspecified atom stereocenters. The molecule has 0 saturated carbocycles. The third kappa shape index (κ3) is 3.82. The van der Waals surface area contributed by atoms with Gasteiger partial charge in [0.05, 0.1) is 18.9 Å². The van der Waals surface area contributed by atoms with Crippen molar-refractivity contribution in [3.05, 3.63) is 70.3 Å². The maximum absolute atomic E-state index is 12.4. The molecule has 128 valence electrons. The summed E-state index contributed by atoms with van der Waals surface area (Å²) in [5.41, 5.74) is 2.21. The number of likely N-dealkylation sites (N-methyl/N-ethyl adjacent to an activating group) is 1. The summed E-state index contributed by atoms with van der Waals surface area (Å²) in [6, 6.07) is 5.38. The number of nitrogens with one attached hydrogen (secondary N) is 1. The number of aryl methyl sites for hydroxylation is 1. The lowest BCUT2D eigenvalue weighted by Crippen LogP contribution is -2.30. The third-order valence-electron chi connectivity index (χ3n) is 3.91. The van der Waals surface area contributed by atoms with Crippen LogP contribution in [0.15, 0.2) is 52.3 Å². The van der Waals surface area contributed by atoms with Gasteiger partial charge in [0.1, 0.15) is 5.82 Å². The smallest absolute Gasteiger partial charge is 0.255 e. The van der Waals surface area contributed by atoms with Crippen LogP contribution < -0.4 is 5.56 Å². The maximum Gasteiger partial charge on any atom is 0.255 e. The Bertz CT molecular complexity index is 917. The van der Waals surface area contributed by atoms with Crippen LogP contribution in [0.4, 0.5) is 0 Å². The minimum Gasteiger partial charge on any atom is -0.472 e. The average Bonchev–Trinajstić information content (AvgIpc) is 3.11. The number of amides is 1. The van der Waals surface area contributed by atoms with E-state index in [1.807, 2.05) is 6.07 Å². The van der Waals surface area contributed by atoms with Gasteiger partial charge in [0.25, 0.3) is 5.56 Å². The highest BCUT2D eigenvalue weighted by Gasteiger charge is 2.16. The molecule has 0 aliphatic rings. The number of aromatic nitrogens is 3. The zero-order valence-corrected chi connectivity index (χ0v) is 14.0. The largest absolute Gasteiger partial charge is 0.472 e. The fourth-order valence-electron chi connectivity index (χ4n) is 2.49. The van der Waals surface area contributed by atoms with Gasteiger partial charge in [-0.25, -0.2) is 4.98 Å². The van der Waals surface area contributed by atoms with E-state index in [0.717, 1.165) is 11.1 Å². The fraction of sp³-hybridized carbons (Fsp3) is 0.222. The van der Waals surface area contributed by atoms with Crippen molar-refractivity contribution in [1.29, 1.82) is 0 Å². The Labute approximate surface area is 144 Å². The number of carbonyl (C=O) groups is 1. The van der Waals surface area contributed by atoms with Crippen molar-refractivity contribution >= 4 is 5.91 Å². The van der Waals surface area contributed by atoms with E-state index in [2.05, 4.69) is 15.0 Å². The van der Waals surface area contributed by atoms with E-state index in [9.17, 15) is 9.59 Å². The summed E-state index contributed by atoms with van der Waals surface area (Å²) in [6.07, 6.45) is 6.42. The van der Waals surface area contributed by atoms with Crippen LogP contribution in [0.5, 0.6) is 0 Å². The number of rotatable bonds is 5. The first kappa shape index (κ1) is 16.6. The predicted octanol–water partition coefficient (Wildman–Crippen LogP) is 1.93. The van der Waals surface area contributed by atoms with Gasteiger partial charge in [-0.15, -0.1) is 0 Å². The van der Waals surface area contributed by atoms with E-state index in [-0.39, 0.29) is 17.9 Å². The standard InChI is InChI=1S/C18H18N4O3/c1-12-15(8-16(23)22(2)10-13-5-7-25-11-13)18(24)21-17(20-12)14-4-3-6-19-9-14/h3-7,9,11H,8,10H2,1-2H3,(H,20,21,24). The number of pyridine rings is 1. The van der Waals surface area contributed by atoms with Crippen molar-refractivity contribution in [2.24, 2.45) is 0 Å². The number of nitrogens with zero attached hydrogens (tertiary/aromatic N) is 3. The summed E-state index contributed by atoms with van der Waals surface area (Å²) < 4.78 is 5.00. The Morgan fingerprint density at radius 2 is 2.20 bits per heavy atom. The second-order valence-corrected chi connectivity index (χ2v) is 5.78. The first-order valence-electron chi connectivity index (χ1n) is 7.80. The summed E-state index contributed by atoms with van der Waals surface area (Å²) in [7, 11) is 1.69. The van der Waals surface area contributed by atoms with Crippen LogP contribution in [0.3, 0.4) is 0 Å². The van der Waals surface area contributed by atoms with Crippen LogP contribution in [0, 0.1) is 6.92 Å². The van der Waals surface area contributed by atoms with Gasteiger partial charge in [-0.3, -0.25) is 14.6 Å². The molecule has 7 nitrogen and oxygen atoms in total. The third-order valence-corrected chi connectivity index (χ3v) is 3.91. The van der Waals surface area contributed by atoms with E-state index in [4.69, 9.17) is 4.42 Å². The highest BCUT2D eigenvalue weighted by atomic mass is 16.3. The number of hydrogen-bond donors (Lipinski definition) is 1. The van der Waals surface area contributed by atoms with E-state index in [0.29, 0.717) is 23.6 Å². The lowest BCUT2D eigenvalue weighted by atomic mass is 10.1. The molecule has 0 bridgehead atoms. The number of carbonyl (C=O) groups excluding carboxylic acids is 1. The van der Waals surface area contributed by atoms with Crippen LogP contribution in [0.1, 0.15) is 16.8 Å². The lowest BCUT2D eigenvalue weighted by Gasteiger charge is -2.16. The lowest BCUT2D eigenvalue weighted by molar-refractivity contribution is -0.129. The van der Waals surface area contributed by atoms with Gasteiger partial charge >= 0.3 is 0 Å². The molecule has 0 fully saturated rings. The molecular weight excluding hydrogens is 320 g/mol. The maximum atomic E-state index is 12.4. The van der Waals surface area contributed by atoms with E-state index >= 15 is 0 Å². The van der Waals surface area contributed by atoms with Crippen LogP contribution in [0.25, 0.3) is 11.4 Å². The van der Waals surface area contributed by atoms with E-state index in [1.54, 1.807) is 55.9 Å². The van der Waals surface area contributed by atoms with Crippen molar-refractivity contribution in [1.82, 2.24) is 19.9 Å². The van der Waals surface area contributed by atoms with Gasteiger partial charge in [0, 0.05) is 48.4 Å². The van der Waals surface area contributed by atoms with Gasteiger partial charge in [-0.2, -0.15) is 0 Å². The molecule has 0 atom stereocenters. The first-order chi connectivity index (χ1) is 12.0. The Balaban J connectivity index is 1.78. The molecule has 3 aromatic heterocycles. The summed E-state index contributed by atoms with van der Waals surface area (Å²) >= 11 is 0. The number of furan rings is 1. The molecule has 0 aliphatic carbocycles. The second kappa shape index (κ2) is 7.12. The van der Waals surface area contributed by atoms with Crippen molar-refractivity contribution in [2.75, 3.05) is 7.05 Å². The molecule has 0 radical (unpaired) electrons. The minimum atomic E-state index is -0.309. The average molecular weight is 338 g/mol. The topological polar surface area (TPSA) is 92.1 Å². The summed E-state index contributed by atoms with van der Waals surface area (Å²) in [5.74, 6) is 0.282. The van der Waals surface area contributed by atoms with Crippen molar-refractivity contribution in [3.8, 4) is 11.4 Å². The van der Waals surface area contributed by atoms with Crippen LogP contribution in [-0.2, 0) is 17.8 Å². The quantitative estimate of drug-likeness (QED) is 0.767. The Morgan fingerprint density at radius 1 is 1.36 bits per heavy atom. The zero-order valence-electron chi connectivity index (χ0n) is 14.0. The van der Waals surface area contributed by atoms with Gasteiger partial charge in [0.2, 0.25) is 5.91 Å². The van der Waals surface area contributed by atoms with Crippen molar-refractivity contribution in [2.45, 2.75) is 19.9 Å². The molecular formula is C18H18N4O3. The number of aromatic amines is 1. The van der Waals surface area contributed by atoms with Crippen LogP contribution in [0.2, 0.25) is 0 Å². The zero-order chi connectivity index (χ0) is 17.8. The van der Waals surface area contributed by atoms with Crippen molar-refractivity contribution < 1.29 is 9.21 Å². The Morgan fingerprint density at radius 3 is 2.84 bits per heavy atom. The fourth-order valence-corrected chi connectivity index (χ4v) is 2.49. The molecule has 25 heavy (non-hydrogen) atoms. The highest BCUT2D eigenvalue weighted by molar-refractivity contribution is 5.78. The predicted molar refractivity (Wildman–Crippen MR) is 91.7 cm³/mol. The molecule has 1 N–H and O–H groups in total. The molecule has 1 amide bonds. The molecule has 0 aliphatic heterocycles. The number of hydrogen-bond acceptors (Lipinski definition) is 5. The molecule has 0 saturated heterocycles. The summed E-state index contributed by atoms with van der Waals surface area (Å²) in [6.45, 7) is 2.15. The van der Waals surface area contributed by atoms with Crippen LogP contribution in [-0.4, -0.2) is 32.8 Å². The van der Waals surface area contributed by atoms with Gasteiger partial charge < -0.3 is 14.3 Å². The van der Waals surface area contributed by atoms with Crippen LogP contribution >= 0.6 is 0 Å². The van der Waals surface area contributed by atoms with E-state index in [1.165, 1.54) is 0 Å². The molecule has 3 heterocycles. The minimum absolute atomic E-state index is 0.00413.